The Morgan fingerprint density at radius 1 is 1.12 bits per heavy atom. The van der Waals surface area contributed by atoms with Gasteiger partial charge in [0.1, 0.15) is 5.75 Å². The lowest BCUT2D eigenvalue weighted by atomic mass is 9.96. The highest BCUT2D eigenvalue weighted by Crippen LogP contribution is 2.24. The zero-order valence-corrected chi connectivity index (χ0v) is 15.0. The average Bonchev–Trinajstić information content (AvgIpc) is 2.69. The van der Waals surface area contributed by atoms with Crippen molar-refractivity contribution in [2.45, 2.75) is 19.8 Å². The Morgan fingerprint density at radius 3 is 2.62 bits per heavy atom. The number of hydrogen-bond donors (Lipinski definition) is 1. The number of anilines is 1. The fraction of sp³-hybridized carbons (Fsp3) is 0.333. The fourth-order valence-electron chi connectivity index (χ4n) is 3.24. The normalized spacial score (nSPS) is 16.8. The number of para-hydroxylation sites is 2. The van der Waals surface area contributed by atoms with Gasteiger partial charge in [-0.1, -0.05) is 30.3 Å². The molecule has 5 nitrogen and oxygen atoms in total. The lowest BCUT2D eigenvalue weighted by Crippen LogP contribution is -2.43. The number of carbonyl (C=O) groups is 2. The molecule has 1 unspecified atom stereocenters. The molecular formula is C21H24N2O3. The molecule has 1 aliphatic heterocycles. The summed E-state index contributed by atoms with van der Waals surface area (Å²) in [5, 5.41) is 2.94. The van der Waals surface area contributed by atoms with E-state index in [0.717, 1.165) is 18.5 Å². The molecule has 0 saturated carbocycles. The summed E-state index contributed by atoms with van der Waals surface area (Å²) in [5.41, 5.74) is 1.33. The van der Waals surface area contributed by atoms with Gasteiger partial charge >= 0.3 is 0 Å². The third-order valence-electron chi connectivity index (χ3n) is 4.54. The van der Waals surface area contributed by atoms with E-state index in [9.17, 15) is 9.59 Å². The zero-order chi connectivity index (χ0) is 18.4. The molecular weight excluding hydrogens is 328 g/mol. The first-order valence-electron chi connectivity index (χ1n) is 9.06. The van der Waals surface area contributed by atoms with E-state index in [2.05, 4.69) is 5.32 Å². The fourth-order valence-corrected chi connectivity index (χ4v) is 3.24. The van der Waals surface area contributed by atoms with Gasteiger partial charge in [0, 0.05) is 18.8 Å². The van der Waals surface area contributed by atoms with Crippen LogP contribution in [0.2, 0.25) is 0 Å². The Bertz CT molecular complexity index is 761. The Kier molecular flexibility index (Phi) is 5.89. The largest absolute Gasteiger partial charge is 0.493 e. The number of nitrogens with one attached hydrogen (secondary N) is 1. The van der Waals surface area contributed by atoms with E-state index < -0.39 is 0 Å². The van der Waals surface area contributed by atoms with Crippen LogP contribution in [0, 0.1) is 5.92 Å². The van der Waals surface area contributed by atoms with Crippen molar-refractivity contribution in [3.63, 3.8) is 0 Å². The second-order valence-corrected chi connectivity index (χ2v) is 6.37. The summed E-state index contributed by atoms with van der Waals surface area (Å²) < 4.78 is 5.58. The van der Waals surface area contributed by atoms with Gasteiger partial charge in [-0.3, -0.25) is 9.59 Å². The molecule has 1 N–H and O–H groups in total. The van der Waals surface area contributed by atoms with E-state index in [1.54, 1.807) is 17.0 Å². The monoisotopic (exact) mass is 352 g/mol. The van der Waals surface area contributed by atoms with E-state index >= 15 is 0 Å². The second kappa shape index (κ2) is 8.52. The third kappa shape index (κ3) is 4.23. The van der Waals surface area contributed by atoms with Crippen molar-refractivity contribution in [1.82, 2.24) is 4.90 Å². The van der Waals surface area contributed by atoms with E-state index in [-0.39, 0.29) is 17.7 Å². The first kappa shape index (κ1) is 18.0. The number of piperidine rings is 1. The van der Waals surface area contributed by atoms with E-state index in [1.807, 2.05) is 49.4 Å². The van der Waals surface area contributed by atoms with Crippen LogP contribution in [0.1, 0.15) is 30.1 Å². The van der Waals surface area contributed by atoms with Crippen LogP contribution in [0.4, 0.5) is 5.69 Å². The molecule has 2 aromatic carbocycles. The molecule has 0 aromatic heterocycles. The second-order valence-electron chi connectivity index (χ2n) is 6.37. The van der Waals surface area contributed by atoms with E-state index in [4.69, 9.17) is 4.74 Å². The topological polar surface area (TPSA) is 58.6 Å². The van der Waals surface area contributed by atoms with Crippen LogP contribution in [-0.2, 0) is 4.79 Å². The van der Waals surface area contributed by atoms with Crippen molar-refractivity contribution in [2.24, 2.45) is 5.92 Å². The minimum absolute atomic E-state index is 0.0354. The SMILES string of the molecule is CCOc1ccccc1C(=O)N1CCCC(C(=O)Nc2ccccc2)C1. The molecule has 1 atom stereocenters. The number of ether oxygens (including phenoxy) is 1. The molecule has 5 heteroatoms. The molecule has 3 rings (SSSR count). The van der Waals surface area contributed by atoms with Gasteiger partial charge in [-0.05, 0) is 44.0 Å². The molecule has 0 bridgehead atoms. The van der Waals surface area contributed by atoms with Crippen molar-refractivity contribution in [1.29, 1.82) is 0 Å². The van der Waals surface area contributed by atoms with E-state index in [1.165, 1.54) is 0 Å². The van der Waals surface area contributed by atoms with Crippen molar-refractivity contribution >= 4 is 17.5 Å². The number of likely N-dealkylation sites (tertiary alicyclic amines) is 1. The van der Waals surface area contributed by atoms with Gasteiger partial charge in [0.15, 0.2) is 0 Å². The summed E-state index contributed by atoms with van der Waals surface area (Å²) in [6, 6.07) is 16.7. The highest BCUT2D eigenvalue weighted by atomic mass is 16.5. The predicted octanol–water partition coefficient (Wildman–Crippen LogP) is 3.58. The molecule has 1 heterocycles. The molecule has 2 aromatic rings. The lowest BCUT2D eigenvalue weighted by molar-refractivity contribution is -0.121. The summed E-state index contributed by atoms with van der Waals surface area (Å²) in [6.07, 6.45) is 1.60. The van der Waals surface area contributed by atoms with Gasteiger partial charge in [0.2, 0.25) is 5.91 Å². The summed E-state index contributed by atoms with van der Waals surface area (Å²) in [4.78, 5) is 27.3. The zero-order valence-electron chi connectivity index (χ0n) is 15.0. The van der Waals surface area contributed by atoms with Gasteiger partial charge in [-0.2, -0.15) is 0 Å². The third-order valence-corrected chi connectivity index (χ3v) is 4.54. The van der Waals surface area contributed by atoms with Gasteiger partial charge in [0.25, 0.3) is 5.91 Å². The highest BCUT2D eigenvalue weighted by molar-refractivity contribution is 5.98. The minimum Gasteiger partial charge on any atom is -0.493 e. The maximum absolute atomic E-state index is 12.9. The number of nitrogens with zero attached hydrogens (tertiary/aromatic N) is 1. The summed E-state index contributed by atoms with van der Waals surface area (Å²) in [5.74, 6) is 0.279. The molecule has 0 aliphatic carbocycles. The first-order chi connectivity index (χ1) is 12.7. The number of amides is 2. The van der Waals surface area contributed by atoms with Crippen LogP contribution < -0.4 is 10.1 Å². The van der Waals surface area contributed by atoms with E-state index in [0.29, 0.717) is 31.0 Å². The predicted molar refractivity (Wildman–Crippen MR) is 101 cm³/mol. The van der Waals surface area contributed by atoms with Crippen LogP contribution in [0.25, 0.3) is 0 Å². The maximum atomic E-state index is 12.9. The van der Waals surface area contributed by atoms with Crippen molar-refractivity contribution in [2.75, 3.05) is 25.0 Å². The Morgan fingerprint density at radius 2 is 1.85 bits per heavy atom. The molecule has 0 spiro atoms. The Labute approximate surface area is 154 Å². The lowest BCUT2D eigenvalue weighted by Gasteiger charge is -2.32. The van der Waals surface area contributed by atoms with Crippen molar-refractivity contribution in [3.8, 4) is 5.75 Å². The highest BCUT2D eigenvalue weighted by Gasteiger charge is 2.30. The molecule has 2 amide bonds. The van der Waals surface area contributed by atoms with Crippen LogP contribution >= 0.6 is 0 Å². The molecule has 1 fully saturated rings. The summed E-state index contributed by atoms with van der Waals surface area (Å²) >= 11 is 0. The Hall–Kier alpha value is -2.82. The molecule has 26 heavy (non-hydrogen) atoms. The summed E-state index contributed by atoms with van der Waals surface area (Å²) in [6.45, 7) is 3.49. The molecule has 0 radical (unpaired) electrons. The first-order valence-corrected chi connectivity index (χ1v) is 9.06. The number of rotatable bonds is 5. The van der Waals surface area contributed by atoms with Gasteiger partial charge in [-0.15, -0.1) is 0 Å². The van der Waals surface area contributed by atoms with Gasteiger partial charge in [0.05, 0.1) is 18.1 Å². The molecule has 1 saturated heterocycles. The number of carbonyl (C=O) groups excluding carboxylic acids is 2. The van der Waals surface area contributed by atoms with Crippen molar-refractivity contribution < 1.29 is 14.3 Å². The van der Waals surface area contributed by atoms with Crippen LogP contribution in [0.3, 0.4) is 0 Å². The van der Waals surface area contributed by atoms with Crippen LogP contribution in [0.5, 0.6) is 5.75 Å². The Balaban J connectivity index is 1.68. The smallest absolute Gasteiger partial charge is 0.257 e. The average molecular weight is 352 g/mol. The number of hydrogen-bond acceptors (Lipinski definition) is 3. The molecule has 136 valence electrons. The quantitative estimate of drug-likeness (QED) is 0.895. The number of benzene rings is 2. The molecule has 1 aliphatic rings. The van der Waals surface area contributed by atoms with Gasteiger partial charge in [-0.25, -0.2) is 0 Å². The summed E-state index contributed by atoms with van der Waals surface area (Å²) in [7, 11) is 0. The van der Waals surface area contributed by atoms with Gasteiger partial charge < -0.3 is 15.0 Å². The van der Waals surface area contributed by atoms with Crippen molar-refractivity contribution in [3.05, 3.63) is 60.2 Å². The van der Waals surface area contributed by atoms with Crippen LogP contribution in [-0.4, -0.2) is 36.4 Å². The van der Waals surface area contributed by atoms with Crippen LogP contribution in [0.15, 0.2) is 54.6 Å². The maximum Gasteiger partial charge on any atom is 0.257 e. The minimum atomic E-state index is -0.202. The standard InChI is InChI=1S/C21H24N2O3/c1-2-26-19-13-7-6-12-18(19)21(25)23-14-8-9-16(15-23)20(24)22-17-10-4-3-5-11-17/h3-7,10-13,16H,2,8-9,14-15H2,1H3,(H,22,24).